The SMILES string of the molecule is Cc1ccc(Cn2cccc2C(=O)/C=C(\O)C(=O)O)cc1. The largest absolute Gasteiger partial charge is 0.502 e. The first kappa shape index (κ1) is 14.6. The normalized spacial score (nSPS) is 11.4. The maximum absolute atomic E-state index is 12.0. The number of ketones is 1. The number of hydrogen-bond donors (Lipinski definition) is 2. The third-order valence-corrected chi connectivity index (χ3v) is 3.04. The molecular weight excluding hydrogens is 270 g/mol. The third-order valence-electron chi connectivity index (χ3n) is 3.04. The van der Waals surface area contributed by atoms with E-state index in [2.05, 4.69) is 0 Å². The Kier molecular flexibility index (Phi) is 4.23. The van der Waals surface area contributed by atoms with Crippen molar-refractivity contribution < 1.29 is 19.8 Å². The van der Waals surface area contributed by atoms with Gasteiger partial charge in [-0.3, -0.25) is 4.79 Å². The molecule has 0 saturated carbocycles. The number of carboxylic acids is 1. The van der Waals surface area contributed by atoms with Gasteiger partial charge in [0.05, 0.1) is 5.69 Å². The Morgan fingerprint density at radius 3 is 2.43 bits per heavy atom. The van der Waals surface area contributed by atoms with Crippen LogP contribution in [0, 0.1) is 6.92 Å². The van der Waals surface area contributed by atoms with Gasteiger partial charge in [-0.15, -0.1) is 0 Å². The molecule has 0 aliphatic rings. The number of carbonyl (C=O) groups is 2. The van der Waals surface area contributed by atoms with Gasteiger partial charge in [0.1, 0.15) is 0 Å². The van der Waals surface area contributed by atoms with E-state index in [1.807, 2.05) is 31.2 Å². The molecule has 108 valence electrons. The van der Waals surface area contributed by atoms with E-state index in [4.69, 9.17) is 10.2 Å². The van der Waals surface area contributed by atoms with Gasteiger partial charge in [0.15, 0.2) is 0 Å². The lowest BCUT2D eigenvalue weighted by Crippen LogP contribution is -2.10. The molecule has 0 aliphatic heterocycles. The second-order valence-electron chi connectivity index (χ2n) is 4.71. The van der Waals surface area contributed by atoms with Crippen molar-refractivity contribution in [1.29, 1.82) is 0 Å². The highest BCUT2D eigenvalue weighted by molar-refractivity contribution is 6.06. The molecule has 0 unspecified atom stereocenters. The molecule has 0 atom stereocenters. The second kappa shape index (κ2) is 6.09. The number of hydrogen-bond acceptors (Lipinski definition) is 3. The number of aliphatic hydroxyl groups is 1. The first-order valence-corrected chi connectivity index (χ1v) is 6.36. The molecule has 5 heteroatoms. The average Bonchev–Trinajstić information content (AvgIpc) is 2.89. The van der Waals surface area contributed by atoms with Crippen molar-refractivity contribution in [1.82, 2.24) is 4.57 Å². The molecule has 21 heavy (non-hydrogen) atoms. The molecule has 2 N–H and O–H groups in total. The fourth-order valence-corrected chi connectivity index (χ4v) is 1.93. The lowest BCUT2D eigenvalue weighted by Gasteiger charge is -2.07. The van der Waals surface area contributed by atoms with Crippen LogP contribution in [0.2, 0.25) is 0 Å². The molecule has 0 fully saturated rings. The number of rotatable bonds is 5. The summed E-state index contributed by atoms with van der Waals surface area (Å²) in [7, 11) is 0. The van der Waals surface area contributed by atoms with Gasteiger partial charge < -0.3 is 14.8 Å². The Balaban J connectivity index is 2.22. The van der Waals surface area contributed by atoms with E-state index in [0.29, 0.717) is 18.3 Å². The van der Waals surface area contributed by atoms with Crippen LogP contribution >= 0.6 is 0 Å². The van der Waals surface area contributed by atoms with Gasteiger partial charge in [-0.25, -0.2) is 4.79 Å². The van der Waals surface area contributed by atoms with Gasteiger partial charge in [0.2, 0.25) is 11.5 Å². The van der Waals surface area contributed by atoms with E-state index < -0.39 is 17.5 Å². The molecular formula is C16H15NO4. The molecule has 0 saturated heterocycles. The maximum atomic E-state index is 12.0. The summed E-state index contributed by atoms with van der Waals surface area (Å²) in [5, 5.41) is 17.7. The summed E-state index contributed by atoms with van der Waals surface area (Å²) in [5.41, 5.74) is 2.50. The van der Waals surface area contributed by atoms with Crippen molar-refractivity contribution in [2.45, 2.75) is 13.5 Å². The number of allylic oxidation sites excluding steroid dienone is 1. The van der Waals surface area contributed by atoms with E-state index in [1.54, 1.807) is 22.9 Å². The minimum absolute atomic E-state index is 0.323. The van der Waals surface area contributed by atoms with Crippen LogP contribution in [0.3, 0.4) is 0 Å². The van der Waals surface area contributed by atoms with E-state index in [-0.39, 0.29) is 0 Å². The smallest absolute Gasteiger partial charge is 0.371 e. The minimum Gasteiger partial charge on any atom is -0.502 e. The van der Waals surface area contributed by atoms with Crippen molar-refractivity contribution in [3.63, 3.8) is 0 Å². The van der Waals surface area contributed by atoms with Crippen LogP contribution < -0.4 is 0 Å². The van der Waals surface area contributed by atoms with Crippen molar-refractivity contribution in [3.05, 3.63) is 71.3 Å². The number of carbonyl (C=O) groups excluding carboxylic acids is 1. The Morgan fingerprint density at radius 2 is 1.81 bits per heavy atom. The predicted molar refractivity (Wildman–Crippen MR) is 77.4 cm³/mol. The predicted octanol–water partition coefficient (Wildman–Crippen LogP) is 2.55. The molecule has 1 aromatic carbocycles. The number of aryl methyl sites for hydroxylation is 1. The standard InChI is InChI=1S/C16H15NO4/c1-11-4-6-12(7-5-11)10-17-8-2-3-13(17)14(18)9-15(19)16(20)21/h2-9,19H,10H2,1H3,(H,20,21)/b15-9-. The van der Waals surface area contributed by atoms with Gasteiger partial charge in [-0.2, -0.15) is 0 Å². The van der Waals surface area contributed by atoms with E-state index in [1.165, 1.54) is 0 Å². The summed E-state index contributed by atoms with van der Waals surface area (Å²) >= 11 is 0. The number of nitrogens with zero attached hydrogens (tertiary/aromatic N) is 1. The second-order valence-corrected chi connectivity index (χ2v) is 4.71. The molecule has 1 heterocycles. The first-order chi connectivity index (χ1) is 9.97. The summed E-state index contributed by atoms with van der Waals surface area (Å²) in [5.74, 6) is -3.05. The molecule has 0 bridgehead atoms. The lowest BCUT2D eigenvalue weighted by atomic mass is 10.1. The Bertz CT molecular complexity index is 695. The third kappa shape index (κ3) is 3.60. The molecule has 0 amide bonds. The van der Waals surface area contributed by atoms with Crippen LogP contribution in [0.25, 0.3) is 0 Å². The van der Waals surface area contributed by atoms with Crippen molar-refractivity contribution in [2.75, 3.05) is 0 Å². The summed E-state index contributed by atoms with van der Waals surface area (Å²) in [6, 6.07) is 11.2. The van der Waals surface area contributed by atoms with E-state index in [9.17, 15) is 9.59 Å². The highest BCUT2D eigenvalue weighted by Gasteiger charge is 2.13. The van der Waals surface area contributed by atoms with Crippen molar-refractivity contribution in [2.24, 2.45) is 0 Å². The number of aliphatic carboxylic acids is 1. The quantitative estimate of drug-likeness (QED) is 0.502. The van der Waals surface area contributed by atoms with Gasteiger partial charge in [-0.05, 0) is 24.6 Å². The molecule has 1 aromatic heterocycles. The number of aliphatic hydroxyl groups excluding tert-OH is 1. The topological polar surface area (TPSA) is 79.5 Å². The van der Waals surface area contributed by atoms with Gasteiger partial charge in [0.25, 0.3) is 0 Å². The Labute approximate surface area is 121 Å². The molecule has 5 nitrogen and oxygen atoms in total. The highest BCUT2D eigenvalue weighted by atomic mass is 16.4. The van der Waals surface area contributed by atoms with Crippen molar-refractivity contribution in [3.8, 4) is 0 Å². The molecule has 0 aliphatic carbocycles. The zero-order valence-electron chi connectivity index (χ0n) is 11.5. The first-order valence-electron chi connectivity index (χ1n) is 6.36. The van der Waals surface area contributed by atoms with E-state index >= 15 is 0 Å². The number of benzene rings is 1. The zero-order chi connectivity index (χ0) is 15.4. The molecule has 0 radical (unpaired) electrons. The number of aromatic nitrogens is 1. The van der Waals surface area contributed by atoms with Crippen LogP contribution in [-0.2, 0) is 11.3 Å². The highest BCUT2D eigenvalue weighted by Crippen LogP contribution is 2.11. The van der Waals surface area contributed by atoms with Crippen LogP contribution in [0.1, 0.15) is 21.6 Å². The fraction of sp³-hybridized carbons (Fsp3) is 0.125. The van der Waals surface area contributed by atoms with Crippen LogP contribution in [0.4, 0.5) is 0 Å². The maximum Gasteiger partial charge on any atom is 0.371 e. The zero-order valence-corrected chi connectivity index (χ0v) is 11.5. The van der Waals surface area contributed by atoms with Crippen LogP contribution in [-0.4, -0.2) is 26.5 Å². The summed E-state index contributed by atoms with van der Waals surface area (Å²) in [6.45, 7) is 2.49. The Morgan fingerprint density at radius 1 is 1.14 bits per heavy atom. The molecule has 2 aromatic rings. The molecule has 0 spiro atoms. The average molecular weight is 285 g/mol. The summed E-state index contributed by atoms with van der Waals surface area (Å²) < 4.78 is 1.71. The lowest BCUT2D eigenvalue weighted by molar-refractivity contribution is -0.135. The van der Waals surface area contributed by atoms with Crippen molar-refractivity contribution >= 4 is 11.8 Å². The fourth-order valence-electron chi connectivity index (χ4n) is 1.93. The van der Waals surface area contributed by atoms with Crippen LogP contribution in [0.15, 0.2) is 54.4 Å². The van der Waals surface area contributed by atoms with Gasteiger partial charge >= 0.3 is 5.97 Å². The molecule has 2 rings (SSSR count). The number of carboxylic acid groups (broad SMARTS) is 1. The van der Waals surface area contributed by atoms with E-state index in [0.717, 1.165) is 11.1 Å². The minimum atomic E-state index is -1.53. The summed E-state index contributed by atoms with van der Waals surface area (Å²) in [6.07, 6.45) is 2.45. The summed E-state index contributed by atoms with van der Waals surface area (Å²) in [4.78, 5) is 22.5. The monoisotopic (exact) mass is 285 g/mol. The van der Waals surface area contributed by atoms with Gasteiger partial charge in [-0.1, -0.05) is 29.8 Å². The Hall–Kier alpha value is -2.82. The van der Waals surface area contributed by atoms with Gasteiger partial charge in [0, 0.05) is 18.8 Å². The van der Waals surface area contributed by atoms with Crippen LogP contribution in [0.5, 0.6) is 0 Å².